The van der Waals surface area contributed by atoms with E-state index < -0.39 is 0 Å². The molecular formula is C17H16O2. The summed E-state index contributed by atoms with van der Waals surface area (Å²) in [5, 5.41) is 2.56. The van der Waals surface area contributed by atoms with Crippen molar-refractivity contribution < 1.29 is 9.47 Å². The van der Waals surface area contributed by atoms with Crippen molar-refractivity contribution in [2.45, 2.75) is 5.92 Å². The van der Waals surface area contributed by atoms with Crippen molar-refractivity contribution in [1.29, 1.82) is 0 Å². The van der Waals surface area contributed by atoms with E-state index in [0.717, 1.165) is 5.76 Å². The Bertz CT molecular complexity index is 663. The highest BCUT2D eigenvalue weighted by Crippen LogP contribution is 2.38. The van der Waals surface area contributed by atoms with Gasteiger partial charge in [-0.05, 0) is 21.9 Å². The summed E-state index contributed by atoms with van der Waals surface area (Å²) >= 11 is 0. The molecule has 0 aliphatic heterocycles. The Hall–Kier alpha value is -2.22. The molecule has 0 saturated carbocycles. The molecule has 19 heavy (non-hydrogen) atoms. The Morgan fingerprint density at radius 2 is 1.89 bits per heavy atom. The number of allylic oxidation sites excluding steroid dienone is 1. The van der Waals surface area contributed by atoms with Crippen LogP contribution >= 0.6 is 0 Å². The van der Waals surface area contributed by atoms with Crippen LogP contribution in [0.1, 0.15) is 17.0 Å². The SMILES string of the molecule is COC=C(OC)C1C=Cc2cccc3cccc1c23. The second-order valence-electron chi connectivity index (χ2n) is 4.59. The van der Waals surface area contributed by atoms with Gasteiger partial charge in [0.2, 0.25) is 0 Å². The fourth-order valence-corrected chi connectivity index (χ4v) is 2.71. The third kappa shape index (κ3) is 1.89. The number of benzene rings is 2. The molecule has 0 amide bonds. The van der Waals surface area contributed by atoms with Crippen LogP contribution in [-0.4, -0.2) is 14.2 Å². The first kappa shape index (κ1) is 11.8. The average molecular weight is 252 g/mol. The van der Waals surface area contributed by atoms with Gasteiger partial charge in [-0.3, -0.25) is 0 Å². The van der Waals surface area contributed by atoms with Crippen LogP contribution in [0.2, 0.25) is 0 Å². The monoisotopic (exact) mass is 252 g/mol. The Morgan fingerprint density at radius 3 is 2.63 bits per heavy atom. The first-order valence-corrected chi connectivity index (χ1v) is 6.32. The van der Waals surface area contributed by atoms with Gasteiger partial charge in [-0.15, -0.1) is 0 Å². The minimum Gasteiger partial charge on any atom is -0.501 e. The van der Waals surface area contributed by atoms with E-state index in [9.17, 15) is 0 Å². The summed E-state index contributed by atoms with van der Waals surface area (Å²) in [6.07, 6.45) is 5.98. The summed E-state index contributed by atoms with van der Waals surface area (Å²) in [6, 6.07) is 12.8. The first-order chi connectivity index (χ1) is 9.35. The highest BCUT2D eigenvalue weighted by molar-refractivity contribution is 5.96. The van der Waals surface area contributed by atoms with Crippen LogP contribution in [0, 0.1) is 0 Å². The Labute approximate surface area is 113 Å². The van der Waals surface area contributed by atoms with Crippen LogP contribution in [0.25, 0.3) is 16.8 Å². The molecule has 0 saturated heterocycles. The molecular weight excluding hydrogens is 236 g/mol. The molecule has 0 aromatic heterocycles. The fourth-order valence-electron chi connectivity index (χ4n) is 2.71. The molecule has 0 bridgehead atoms. The van der Waals surface area contributed by atoms with Crippen LogP contribution in [0.4, 0.5) is 0 Å². The van der Waals surface area contributed by atoms with Gasteiger partial charge in [0, 0.05) is 0 Å². The number of hydrogen-bond donors (Lipinski definition) is 0. The van der Waals surface area contributed by atoms with Crippen LogP contribution in [0.15, 0.2) is 54.5 Å². The van der Waals surface area contributed by atoms with Gasteiger partial charge in [0.15, 0.2) is 0 Å². The van der Waals surface area contributed by atoms with Gasteiger partial charge in [0.1, 0.15) is 12.0 Å². The Kier molecular flexibility index (Phi) is 3.00. The lowest BCUT2D eigenvalue weighted by molar-refractivity contribution is 0.236. The lowest BCUT2D eigenvalue weighted by Gasteiger charge is -2.22. The van der Waals surface area contributed by atoms with Gasteiger partial charge in [0.25, 0.3) is 0 Å². The maximum Gasteiger partial charge on any atom is 0.141 e. The van der Waals surface area contributed by atoms with Crippen LogP contribution in [0.3, 0.4) is 0 Å². The maximum atomic E-state index is 5.46. The van der Waals surface area contributed by atoms with Crippen molar-refractivity contribution in [3.63, 3.8) is 0 Å². The van der Waals surface area contributed by atoms with Gasteiger partial charge in [-0.25, -0.2) is 0 Å². The molecule has 0 spiro atoms. The van der Waals surface area contributed by atoms with E-state index in [4.69, 9.17) is 9.47 Å². The molecule has 96 valence electrons. The highest BCUT2D eigenvalue weighted by atomic mass is 16.5. The van der Waals surface area contributed by atoms with Crippen LogP contribution in [-0.2, 0) is 9.47 Å². The standard InChI is InChI=1S/C17H16O2/c1-18-11-16(19-2)14-10-9-13-6-3-5-12-7-4-8-15(14)17(12)13/h3-11,14H,1-2H3. The van der Waals surface area contributed by atoms with Crippen molar-refractivity contribution in [2.24, 2.45) is 0 Å². The normalized spacial score (nSPS) is 17.6. The molecule has 0 fully saturated rings. The lowest BCUT2D eigenvalue weighted by Crippen LogP contribution is -2.06. The van der Waals surface area contributed by atoms with Gasteiger partial charge in [-0.1, -0.05) is 48.6 Å². The molecule has 1 atom stereocenters. The molecule has 0 N–H and O–H groups in total. The molecule has 2 aromatic carbocycles. The second kappa shape index (κ2) is 4.81. The zero-order valence-corrected chi connectivity index (χ0v) is 11.1. The smallest absolute Gasteiger partial charge is 0.141 e. The summed E-state index contributed by atoms with van der Waals surface area (Å²) < 4.78 is 10.6. The number of ether oxygens (including phenoxy) is 2. The van der Waals surface area contributed by atoms with Crippen molar-refractivity contribution >= 4 is 16.8 Å². The molecule has 1 unspecified atom stereocenters. The third-order valence-electron chi connectivity index (χ3n) is 3.55. The predicted octanol–water partition coefficient (Wildman–Crippen LogP) is 4.08. The third-order valence-corrected chi connectivity index (χ3v) is 3.55. The summed E-state index contributed by atoms with van der Waals surface area (Å²) in [6.45, 7) is 0. The summed E-state index contributed by atoms with van der Waals surface area (Å²) in [7, 11) is 3.32. The van der Waals surface area contributed by atoms with E-state index in [2.05, 4.69) is 48.6 Å². The number of methoxy groups -OCH3 is 2. The van der Waals surface area contributed by atoms with Crippen molar-refractivity contribution in [2.75, 3.05) is 14.2 Å². The number of hydrogen-bond acceptors (Lipinski definition) is 2. The van der Waals surface area contributed by atoms with Gasteiger partial charge >= 0.3 is 0 Å². The first-order valence-electron chi connectivity index (χ1n) is 6.32. The molecule has 0 radical (unpaired) electrons. The minimum atomic E-state index is 0.114. The fraction of sp³-hybridized carbons (Fsp3) is 0.176. The van der Waals surface area contributed by atoms with Crippen molar-refractivity contribution in [3.8, 4) is 0 Å². The van der Waals surface area contributed by atoms with E-state index in [1.54, 1.807) is 20.5 Å². The summed E-state index contributed by atoms with van der Waals surface area (Å²) in [4.78, 5) is 0. The Morgan fingerprint density at radius 1 is 1.11 bits per heavy atom. The summed E-state index contributed by atoms with van der Waals surface area (Å²) in [5.41, 5.74) is 2.53. The summed E-state index contributed by atoms with van der Waals surface area (Å²) in [5.74, 6) is 0.935. The van der Waals surface area contributed by atoms with Gasteiger partial charge in [-0.2, -0.15) is 0 Å². The zero-order chi connectivity index (χ0) is 13.2. The van der Waals surface area contributed by atoms with E-state index in [0.29, 0.717) is 0 Å². The molecule has 1 aliphatic carbocycles. The molecule has 2 nitrogen and oxygen atoms in total. The van der Waals surface area contributed by atoms with Gasteiger partial charge < -0.3 is 9.47 Å². The quantitative estimate of drug-likeness (QED) is 0.766. The van der Waals surface area contributed by atoms with Crippen molar-refractivity contribution in [3.05, 3.63) is 65.6 Å². The minimum absolute atomic E-state index is 0.114. The topological polar surface area (TPSA) is 18.5 Å². The Balaban J connectivity index is 2.22. The van der Waals surface area contributed by atoms with E-state index in [-0.39, 0.29) is 5.92 Å². The predicted molar refractivity (Wildman–Crippen MR) is 77.8 cm³/mol. The van der Waals surface area contributed by atoms with E-state index in [1.165, 1.54) is 21.9 Å². The molecule has 3 rings (SSSR count). The largest absolute Gasteiger partial charge is 0.501 e. The van der Waals surface area contributed by atoms with E-state index in [1.807, 2.05) is 0 Å². The number of rotatable bonds is 3. The van der Waals surface area contributed by atoms with E-state index >= 15 is 0 Å². The average Bonchev–Trinajstić information content (AvgIpc) is 2.46. The van der Waals surface area contributed by atoms with Crippen molar-refractivity contribution in [1.82, 2.24) is 0 Å². The molecule has 1 aliphatic rings. The van der Waals surface area contributed by atoms with Crippen LogP contribution < -0.4 is 0 Å². The highest BCUT2D eigenvalue weighted by Gasteiger charge is 2.21. The molecule has 2 aromatic rings. The van der Waals surface area contributed by atoms with Gasteiger partial charge in [0.05, 0.1) is 20.1 Å². The molecule has 2 heteroatoms. The second-order valence-corrected chi connectivity index (χ2v) is 4.59. The molecule has 0 heterocycles. The lowest BCUT2D eigenvalue weighted by atomic mass is 9.85. The van der Waals surface area contributed by atoms with Crippen LogP contribution in [0.5, 0.6) is 0 Å². The maximum absolute atomic E-state index is 5.46. The zero-order valence-electron chi connectivity index (χ0n) is 11.1.